The van der Waals surface area contributed by atoms with Gasteiger partial charge in [0, 0.05) is 6.07 Å². The van der Waals surface area contributed by atoms with Gasteiger partial charge in [-0.05, 0) is 43.2 Å². The second-order valence-corrected chi connectivity index (χ2v) is 6.00. The summed E-state index contributed by atoms with van der Waals surface area (Å²) in [5, 5.41) is 13.5. The topological polar surface area (TPSA) is 94.6 Å². The smallest absolute Gasteiger partial charge is 0.292 e. The first-order valence-corrected chi connectivity index (χ1v) is 8.28. The lowest BCUT2D eigenvalue weighted by atomic mass is 10.1. The van der Waals surface area contributed by atoms with Crippen LogP contribution in [0.3, 0.4) is 0 Å². The molecule has 3 rings (SSSR count). The minimum atomic E-state index is -0.567. The number of benzene rings is 2. The number of nitro benzene ring substituents is 1. The molecule has 0 aliphatic carbocycles. The number of carbonyl (C=O) groups is 1. The van der Waals surface area contributed by atoms with Crippen LogP contribution in [0, 0.1) is 24.0 Å². The summed E-state index contributed by atoms with van der Waals surface area (Å²) in [6.45, 7) is 4.08. The minimum absolute atomic E-state index is 0.0493. The summed E-state index contributed by atoms with van der Waals surface area (Å²) in [6.07, 6.45) is 0. The molecular formula is C20H18N2O5. The Morgan fingerprint density at radius 2 is 1.78 bits per heavy atom. The lowest BCUT2D eigenvalue weighted by Gasteiger charge is -2.10. The van der Waals surface area contributed by atoms with E-state index >= 15 is 0 Å². The van der Waals surface area contributed by atoms with Gasteiger partial charge in [-0.3, -0.25) is 14.9 Å². The van der Waals surface area contributed by atoms with E-state index in [1.807, 2.05) is 32.0 Å². The normalized spacial score (nSPS) is 10.4. The molecule has 0 aliphatic heterocycles. The Hall–Kier alpha value is -3.61. The van der Waals surface area contributed by atoms with Crippen LogP contribution in [0.4, 0.5) is 11.4 Å². The predicted octanol–water partition coefficient (Wildman–Crippen LogP) is 4.64. The summed E-state index contributed by atoms with van der Waals surface area (Å²) >= 11 is 0. The maximum atomic E-state index is 12.3. The molecule has 0 spiro atoms. The van der Waals surface area contributed by atoms with Gasteiger partial charge in [-0.2, -0.15) is 0 Å². The number of amides is 1. The Kier molecular flexibility index (Phi) is 5.21. The Bertz CT molecular complexity index is 973. The molecule has 0 bridgehead atoms. The van der Waals surface area contributed by atoms with Gasteiger partial charge >= 0.3 is 0 Å². The third-order valence-corrected chi connectivity index (χ3v) is 4.00. The van der Waals surface area contributed by atoms with Gasteiger partial charge in [0.15, 0.2) is 5.76 Å². The van der Waals surface area contributed by atoms with Crippen LogP contribution < -0.4 is 10.1 Å². The van der Waals surface area contributed by atoms with Gasteiger partial charge in [0.25, 0.3) is 11.6 Å². The average molecular weight is 366 g/mol. The molecule has 1 heterocycles. The van der Waals surface area contributed by atoms with Crippen molar-refractivity contribution in [2.75, 3.05) is 5.32 Å². The van der Waals surface area contributed by atoms with Crippen molar-refractivity contribution in [2.24, 2.45) is 0 Å². The molecule has 7 nitrogen and oxygen atoms in total. The number of nitro groups is 1. The van der Waals surface area contributed by atoms with Crippen molar-refractivity contribution in [3.63, 3.8) is 0 Å². The summed E-state index contributed by atoms with van der Waals surface area (Å²) < 4.78 is 11.3. The zero-order chi connectivity index (χ0) is 19.4. The van der Waals surface area contributed by atoms with Crippen LogP contribution in [-0.4, -0.2) is 10.8 Å². The highest BCUT2D eigenvalue weighted by Gasteiger charge is 2.18. The molecule has 0 saturated heterocycles. The first-order chi connectivity index (χ1) is 13.0. The molecule has 0 saturated carbocycles. The lowest BCUT2D eigenvalue weighted by molar-refractivity contribution is -0.383. The number of hydrogen-bond donors (Lipinski definition) is 1. The molecule has 0 unspecified atom stereocenters. The quantitative estimate of drug-likeness (QED) is 0.507. The molecule has 27 heavy (non-hydrogen) atoms. The van der Waals surface area contributed by atoms with Crippen LogP contribution in [-0.2, 0) is 6.61 Å². The Labute approximate surface area is 155 Å². The first-order valence-electron chi connectivity index (χ1n) is 8.28. The van der Waals surface area contributed by atoms with Crippen molar-refractivity contribution in [2.45, 2.75) is 20.5 Å². The SMILES string of the molecule is Cc1cccc(C)c1OCc1ccc(C(=O)Nc2ccccc2[N+](=O)[O-])o1. The predicted molar refractivity (Wildman–Crippen MR) is 100 cm³/mol. The molecule has 0 atom stereocenters. The molecule has 2 aromatic carbocycles. The summed E-state index contributed by atoms with van der Waals surface area (Å²) in [5.74, 6) is 0.737. The standard InChI is InChI=1S/C20H18N2O5/c1-13-6-5-7-14(2)19(13)26-12-15-10-11-18(27-15)20(23)21-16-8-3-4-9-17(16)22(24)25/h3-11H,12H2,1-2H3,(H,21,23). The third-order valence-electron chi connectivity index (χ3n) is 4.00. The molecule has 7 heteroatoms. The van der Waals surface area contributed by atoms with E-state index in [2.05, 4.69) is 5.32 Å². The minimum Gasteiger partial charge on any atom is -0.485 e. The van der Waals surface area contributed by atoms with E-state index in [9.17, 15) is 14.9 Å². The van der Waals surface area contributed by atoms with Gasteiger partial charge in [-0.25, -0.2) is 0 Å². The number of ether oxygens (including phenoxy) is 1. The highest BCUT2D eigenvalue weighted by molar-refractivity contribution is 6.03. The van der Waals surface area contributed by atoms with Crippen molar-refractivity contribution in [1.29, 1.82) is 0 Å². The van der Waals surface area contributed by atoms with Crippen molar-refractivity contribution >= 4 is 17.3 Å². The molecular weight excluding hydrogens is 348 g/mol. The monoisotopic (exact) mass is 366 g/mol. The maximum absolute atomic E-state index is 12.3. The largest absolute Gasteiger partial charge is 0.485 e. The number of nitrogens with one attached hydrogen (secondary N) is 1. The fourth-order valence-electron chi connectivity index (χ4n) is 2.67. The number of hydrogen-bond acceptors (Lipinski definition) is 5. The van der Waals surface area contributed by atoms with Crippen molar-refractivity contribution in [3.05, 3.63) is 87.4 Å². The molecule has 0 aliphatic rings. The lowest BCUT2D eigenvalue weighted by Crippen LogP contribution is -2.12. The fourth-order valence-corrected chi connectivity index (χ4v) is 2.67. The van der Waals surface area contributed by atoms with E-state index in [0.29, 0.717) is 5.76 Å². The molecule has 0 radical (unpaired) electrons. The van der Waals surface area contributed by atoms with Crippen LogP contribution in [0.2, 0.25) is 0 Å². The number of anilines is 1. The second kappa shape index (κ2) is 7.74. The zero-order valence-electron chi connectivity index (χ0n) is 14.9. The van der Waals surface area contributed by atoms with Crippen molar-refractivity contribution in [1.82, 2.24) is 0 Å². The third kappa shape index (κ3) is 4.14. The van der Waals surface area contributed by atoms with E-state index in [4.69, 9.17) is 9.15 Å². The Morgan fingerprint density at radius 3 is 2.48 bits per heavy atom. The summed E-state index contributed by atoms with van der Waals surface area (Å²) in [4.78, 5) is 22.8. The van der Waals surface area contributed by atoms with E-state index in [0.717, 1.165) is 16.9 Å². The number of furan rings is 1. The van der Waals surface area contributed by atoms with Gasteiger partial charge in [-0.15, -0.1) is 0 Å². The second-order valence-electron chi connectivity index (χ2n) is 6.00. The average Bonchev–Trinajstić information content (AvgIpc) is 3.11. The molecule has 0 fully saturated rings. The highest BCUT2D eigenvalue weighted by atomic mass is 16.6. The van der Waals surface area contributed by atoms with Gasteiger partial charge in [0.2, 0.25) is 0 Å². The highest BCUT2D eigenvalue weighted by Crippen LogP contribution is 2.25. The van der Waals surface area contributed by atoms with Crippen LogP contribution in [0.15, 0.2) is 59.0 Å². The van der Waals surface area contributed by atoms with Crippen molar-refractivity contribution in [3.8, 4) is 5.75 Å². The van der Waals surface area contributed by atoms with E-state index in [-0.39, 0.29) is 23.7 Å². The van der Waals surface area contributed by atoms with E-state index < -0.39 is 10.8 Å². The number of carbonyl (C=O) groups excluding carboxylic acids is 1. The number of para-hydroxylation sites is 3. The van der Waals surface area contributed by atoms with E-state index in [1.54, 1.807) is 12.1 Å². The van der Waals surface area contributed by atoms with Crippen LogP contribution in [0.1, 0.15) is 27.4 Å². The summed E-state index contributed by atoms with van der Waals surface area (Å²) in [7, 11) is 0. The van der Waals surface area contributed by atoms with Crippen molar-refractivity contribution < 1.29 is 18.9 Å². The van der Waals surface area contributed by atoms with E-state index in [1.165, 1.54) is 24.3 Å². The number of rotatable bonds is 6. The fraction of sp³-hybridized carbons (Fsp3) is 0.150. The molecule has 1 N–H and O–H groups in total. The Balaban J connectivity index is 1.69. The van der Waals surface area contributed by atoms with Gasteiger partial charge < -0.3 is 14.5 Å². The number of nitrogens with zero attached hydrogens (tertiary/aromatic N) is 1. The van der Waals surface area contributed by atoms with Gasteiger partial charge in [-0.1, -0.05) is 30.3 Å². The molecule has 3 aromatic rings. The van der Waals surface area contributed by atoms with Crippen LogP contribution >= 0.6 is 0 Å². The molecule has 138 valence electrons. The summed E-state index contributed by atoms with van der Waals surface area (Å²) in [6, 6.07) is 14.9. The van der Waals surface area contributed by atoms with Crippen LogP contribution in [0.25, 0.3) is 0 Å². The van der Waals surface area contributed by atoms with Crippen LogP contribution in [0.5, 0.6) is 5.75 Å². The van der Waals surface area contributed by atoms with Gasteiger partial charge in [0.05, 0.1) is 4.92 Å². The Morgan fingerprint density at radius 1 is 1.07 bits per heavy atom. The summed E-state index contributed by atoms with van der Waals surface area (Å²) in [5.41, 5.74) is 1.94. The first kappa shape index (κ1) is 18.2. The molecule has 1 amide bonds. The maximum Gasteiger partial charge on any atom is 0.292 e. The zero-order valence-corrected chi connectivity index (χ0v) is 14.9. The molecule has 1 aromatic heterocycles. The van der Waals surface area contributed by atoms with Gasteiger partial charge in [0.1, 0.15) is 23.8 Å². The number of aryl methyl sites for hydroxylation is 2.